The van der Waals surface area contributed by atoms with Gasteiger partial charge < -0.3 is 9.64 Å². The van der Waals surface area contributed by atoms with Crippen molar-refractivity contribution in [1.82, 2.24) is 15.1 Å². The average Bonchev–Trinajstić information content (AvgIpc) is 3.42. The molecule has 178 valence electrons. The number of carbonyl (C=O) groups is 1. The number of ether oxygens (including phenoxy) is 1. The summed E-state index contributed by atoms with van der Waals surface area (Å²) in [7, 11) is 0. The number of unbranched alkanes of at least 4 members (excludes halogenated alkanes) is 1. The number of benzene rings is 3. The zero-order valence-electron chi connectivity index (χ0n) is 19.3. The number of hydrogen-bond donors (Lipinski definition) is 1. The molecule has 7 heteroatoms. The van der Waals surface area contributed by atoms with Gasteiger partial charge in [0.05, 0.1) is 11.7 Å². The summed E-state index contributed by atoms with van der Waals surface area (Å²) in [6.07, 6.45) is 1.93. The number of hydrogen-bond acceptors (Lipinski definition) is 3. The largest absolute Gasteiger partial charge is 0.489 e. The van der Waals surface area contributed by atoms with Crippen LogP contribution in [0.5, 0.6) is 5.75 Å². The number of rotatable bonds is 8. The maximum atomic E-state index is 13.3. The fourth-order valence-corrected chi connectivity index (χ4v) is 4.77. The summed E-state index contributed by atoms with van der Waals surface area (Å²) in [5.41, 5.74) is 5.08. The van der Waals surface area contributed by atoms with Gasteiger partial charge in [-0.15, -0.1) is 0 Å². The number of H-pyrrole nitrogens is 1. The Hall–Kier alpha value is -3.28. The Morgan fingerprint density at radius 1 is 1.00 bits per heavy atom. The third-order valence-corrected chi connectivity index (χ3v) is 6.90. The highest BCUT2D eigenvalue weighted by molar-refractivity contribution is 6.31. The van der Waals surface area contributed by atoms with E-state index in [9.17, 15) is 4.79 Å². The summed E-state index contributed by atoms with van der Waals surface area (Å²) in [4.78, 5) is 15.3. The molecule has 1 amide bonds. The van der Waals surface area contributed by atoms with Crippen LogP contribution in [0.2, 0.25) is 10.0 Å². The Morgan fingerprint density at radius 2 is 1.74 bits per heavy atom. The molecule has 4 aromatic rings. The van der Waals surface area contributed by atoms with Gasteiger partial charge in [0.25, 0.3) is 5.91 Å². The van der Waals surface area contributed by atoms with Crippen molar-refractivity contribution in [3.63, 3.8) is 0 Å². The molecule has 0 saturated heterocycles. The van der Waals surface area contributed by atoms with Crippen molar-refractivity contribution < 1.29 is 9.53 Å². The van der Waals surface area contributed by atoms with E-state index in [1.807, 2.05) is 77.7 Å². The van der Waals surface area contributed by atoms with Crippen LogP contribution in [0, 0.1) is 0 Å². The van der Waals surface area contributed by atoms with Crippen LogP contribution in [0.3, 0.4) is 0 Å². The maximum Gasteiger partial charge on any atom is 0.273 e. The summed E-state index contributed by atoms with van der Waals surface area (Å²) in [6.45, 7) is 3.18. The van der Waals surface area contributed by atoms with Crippen molar-refractivity contribution in [3.05, 3.63) is 105 Å². The highest BCUT2D eigenvalue weighted by Gasteiger charge is 2.41. The summed E-state index contributed by atoms with van der Waals surface area (Å²) in [5, 5.41) is 8.85. The second kappa shape index (κ2) is 10.1. The Balaban J connectivity index is 1.46. The van der Waals surface area contributed by atoms with Gasteiger partial charge in [-0.05, 0) is 42.3 Å². The smallest absolute Gasteiger partial charge is 0.273 e. The number of nitrogens with one attached hydrogen (secondary N) is 1. The molecule has 2 heterocycles. The van der Waals surface area contributed by atoms with Crippen LogP contribution in [0.1, 0.15) is 53.0 Å². The fraction of sp³-hybridized carbons (Fsp3) is 0.214. The summed E-state index contributed by atoms with van der Waals surface area (Å²) in [5.74, 6) is 0.716. The third-order valence-electron chi connectivity index (χ3n) is 6.28. The SMILES string of the molecule is CCCCN1C(=O)c2[nH]nc(-c3ccc(Cl)cc3)c2C1c1ccc(OCc2ccccc2Cl)cc1. The molecule has 1 N–H and O–H groups in total. The van der Waals surface area contributed by atoms with E-state index in [0.29, 0.717) is 28.9 Å². The number of nitrogens with zero attached hydrogens (tertiary/aromatic N) is 2. The summed E-state index contributed by atoms with van der Waals surface area (Å²) < 4.78 is 5.97. The molecular weight excluding hydrogens is 481 g/mol. The predicted molar refractivity (Wildman–Crippen MR) is 139 cm³/mol. The zero-order valence-corrected chi connectivity index (χ0v) is 20.8. The Morgan fingerprint density at radius 3 is 2.46 bits per heavy atom. The molecule has 0 radical (unpaired) electrons. The average molecular weight is 506 g/mol. The molecule has 0 aliphatic carbocycles. The first-order valence-electron chi connectivity index (χ1n) is 11.7. The van der Waals surface area contributed by atoms with Crippen molar-refractivity contribution in [2.24, 2.45) is 0 Å². The standard InChI is InChI=1S/C28H25Cl2N3O2/c1-2-3-16-33-27(19-10-14-22(15-11-19)35-17-20-6-4-5-7-23(20)30)24-25(31-32-26(24)28(33)34)18-8-12-21(29)13-9-18/h4-15,27H,2-3,16-17H2,1H3,(H,31,32). The first kappa shape index (κ1) is 23.5. The molecule has 0 bridgehead atoms. The van der Waals surface area contributed by atoms with Crippen molar-refractivity contribution in [2.45, 2.75) is 32.4 Å². The normalized spacial score (nSPS) is 14.9. The number of aromatic nitrogens is 2. The molecule has 1 unspecified atom stereocenters. The first-order chi connectivity index (χ1) is 17.1. The summed E-state index contributed by atoms with van der Waals surface area (Å²) in [6, 6.07) is 22.9. The van der Waals surface area contributed by atoms with E-state index in [4.69, 9.17) is 27.9 Å². The van der Waals surface area contributed by atoms with Crippen molar-refractivity contribution in [1.29, 1.82) is 0 Å². The van der Waals surface area contributed by atoms with Gasteiger partial charge in [0.15, 0.2) is 0 Å². The molecular formula is C28H25Cl2N3O2. The van der Waals surface area contributed by atoms with Crippen LogP contribution in [0.25, 0.3) is 11.3 Å². The van der Waals surface area contributed by atoms with Crippen LogP contribution in [0.15, 0.2) is 72.8 Å². The lowest BCUT2D eigenvalue weighted by Crippen LogP contribution is -2.30. The lowest BCUT2D eigenvalue weighted by Gasteiger charge is -2.26. The molecule has 1 aliphatic rings. The minimum Gasteiger partial charge on any atom is -0.489 e. The van der Waals surface area contributed by atoms with Gasteiger partial charge in [0, 0.05) is 33.3 Å². The highest BCUT2D eigenvalue weighted by Crippen LogP contribution is 2.43. The van der Waals surface area contributed by atoms with Crippen molar-refractivity contribution in [2.75, 3.05) is 6.54 Å². The molecule has 1 aliphatic heterocycles. The molecule has 0 saturated carbocycles. The molecule has 0 fully saturated rings. The third kappa shape index (κ3) is 4.66. The lowest BCUT2D eigenvalue weighted by molar-refractivity contribution is 0.0741. The summed E-state index contributed by atoms with van der Waals surface area (Å²) >= 11 is 12.3. The molecule has 35 heavy (non-hydrogen) atoms. The van der Waals surface area contributed by atoms with Gasteiger partial charge in [-0.3, -0.25) is 9.89 Å². The van der Waals surface area contributed by atoms with Gasteiger partial charge >= 0.3 is 0 Å². The number of halogens is 2. The first-order valence-corrected chi connectivity index (χ1v) is 12.4. The van der Waals surface area contributed by atoms with Crippen LogP contribution < -0.4 is 4.74 Å². The zero-order chi connectivity index (χ0) is 24.4. The monoisotopic (exact) mass is 505 g/mol. The molecule has 3 aromatic carbocycles. The number of fused-ring (bicyclic) bond motifs is 1. The number of amides is 1. The second-order valence-electron chi connectivity index (χ2n) is 8.57. The molecule has 5 rings (SSSR count). The van der Waals surface area contributed by atoms with E-state index >= 15 is 0 Å². The van der Waals surface area contributed by atoms with E-state index in [1.54, 1.807) is 0 Å². The van der Waals surface area contributed by atoms with E-state index in [2.05, 4.69) is 17.1 Å². The second-order valence-corrected chi connectivity index (χ2v) is 9.42. The molecule has 1 aromatic heterocycles. The van der Waals surface area contributed by atoms with Gasteiger partial charge in [0.1, 0.15) is 18.1 Å². The van der Waals surface area contributed by atoms with Gasteiger partial charge in [-0.25, -0.2) is 0 Å². The highest BCUT2D eigenvalue weighted by atomic mass is 35.5. The Labute approximate surface area is 214 Å². The Kier molecular flexibility index (Phi) is 6.80. The van der Waals surface area contributed by atoms with E-state index < -0.39 is 0 Å². The quantitative estimate of drug-likeness (QED) is 0.273. The van der Waals surface area contributed by atoms with Gasteiger partial charge in [0.2, 0.25) is 0 Å². The number of aromatic amines is 1. The van der Waals surface area contributed by atoms with Crippen molar-refractivity contribution >= 4 is 29.1 Å². The van der Waals surface area contributed by atoms with E-state index in [-0.39, 0.29) is 11.9 Å². The molecule has 1 atom stereocenters. The minimum atomic E-state index is -0.230. The number of carbonyl (C=O) groups excluding carboxylic acids is 1. The van der Waals surface area contributed by atoms with Gasteiger partial charge in [-0.2, -0.15) is 5.10 Å². The predicted octanol–water partition coefficient (Wildman–Crippen LogP) is 7.31. The van der Waals surface area contributed by atoms with Gasteiger partial charge in [-0.1, -0.05) is 79.0 Å². The lowest BCUT2D eigenvalue weighted by atomic mass is 9.96. The van der Waals surface area contributed by atoms with Crippen molar-refractivity contribution in [3.8, 4) is 17.0 Å². The maximum absolute atomic E-state index is 13.3. The fourth-order valence-electron chi connectivity index (χ4n) is 4.45. The van der Waals surface area contributed by atoms with E-state index in [0.717, 1.165) is 46.5 Å². The Bertz CT molecular complexity index is 1330. The van der Waals surface area contributed by atoms with Crippen LogP contribution in [-0.4, -0.2) is 27.5 Å². The minimum absolute atomic E-state index is 0.0230. The molecule has 0 spiro atoms. The van der Waals surface area contributed by atoms with E-state index in [1.165, 1.54) is 0 Å². The van der Waals surface area contributed by atoms with Crippen LogP contribution in [0.4, 0.5) is 0 Å². The van der Waals surface area contributed by atoms with Crippen LogP contribution >= 0.6 is 23.2 Å². The topological polar surface area (TPSA) is 58.2 Å². The molecule has 5 nitrogen and oxygen atoms in total. The van der Waals surface area contributed by atoms with Crippen LogP contribution in [-0.2, 0) is 6.61 Å².